The fourth-order valence-corrected chi connectivity index (χ4v) is 3.93. The van der Waals surface area contributed by atoms with E-state index in [1.807, 2.05) is 24.3 Å². The monoisotopic (exact) mass is 388 g/mol. The van der Waals surface area contributed by atoms with Crippen molar-refractivity contribution < 1.29 is 4.79 Å². The lowest BCUT2D eigenvalue weighted by atomic mass is 9.96. The molecule has 1 saturated heterocycles. The van der Waals surface area contributed by atoms with E-state index in [2.05, 4.69) is 43.8 Å². The number of nitriles is 1. The second-order valence-corrected chi connectivity index (χ2v) is 7.26. The van der Waals surface area contributed by atoms with Crippen molar-refractivity contribution >= 4 is 22.8 Å². The lowest BCUT2D eigenvalue weighted by Gasteiger charge is -2.32. The Morgan fingerprint density at radius 1 is 1.24 bits per heavy atom. The van der Waals surface area contributed by atoms with E-state index in [9.17, 15) is 4.79 Å². The van der Waals surface area contributed by atoms with Crippen LogP contribution >= 0.6 is 0 Å². The van der Waals surface area contributed by atoms with Crippen LogP contribution in [0.15, 0.2) is 42.6 Å². The predicted octanol–water partition coefficient (Wildman–Crippen LogP) is 2.86. The van der Waals surface area contributed by atoms with Gasteiger partial charge in [0, 0.05) is 31.7 Å². The number of carbonyl (C=O) groups is 1. The summed E-state index contributed by atoms with van der Waals surface area (Å²) in [6, 6.07) is 13.8. The molecule has 1 fully saturated rings. The molecule has 0 saturated carbocycles. The molecule has 0 unspecified atom stereocenters. The van der Waals surface area contributed by atoms with Crippen molar-refractivity contribution in [2.24, 2.45) is 5.92 Å². The number of imidazole rings is 1. The van der Waals surface area contributed by atoms with Crippen molar-refractivity contribution in [3.05, 3.63) is 54.0 Å². The number of anilines is 1. The van der Waals surface area contributed by atoms with Gasteiger partial charge in [0.25, 0.3) is 0 Å². The SMILES string of the molecule is CCn1c(CNC(=O)C2CCN(c3ccc(C#N)cn3)CC2)nc2ccccc21. The molecule has 0 atom stereocenters. The Bertz CT molecular complexity index is 1040. The third-order valence-electron chi connectivity index (χ3n) is 5.54. The molecule has 1 aliphatic heterocycles. The fourth-order valence-electron chi connectivity index (χ4n) is 3.93. The lowest BCUT2D eigenvalue weighted by Crippen LogP contribution is -2.40. The molecule has 1 N–H and O–H groups in total. The highest BCUT2D eigenvalue weighted by molar-refractivity contribution is 5.79. The van der Waals surface area contributed by atoms with Gasteiger partial charge in [0.05, 0.1) is 23.1 Å². The minimum atomic E-state index is 0.00378. The number of hydrogen-bond acceptors (Lipinski definition) is 5. The lowest BCUT2D eigenvalue weighted by molar-refractivity contribution is -0.125. The molecule has 4 rings (SSSR count). The zero-order valence-corrected chi connectivity index (χ0v) is 16.5. The van der Waals surface area contributed by atoms with E-state index in [0.717, 1.165) is 55.2 Å². The number of benzene rings is 1. The number of carbonyl (C=O) groups excluding carboxylic acids is 1. The van der Waals surface area contributed by atoms with Gasteiger partial charge in [-0.25, -0.2) is 9.97 Å². The van der Waals surface area contributed by atoms with Crippen molar-refractivity contribution in [2.45, 2.75) is 32.9 Å². The standard InChI is InChI=1S/C22H24N6O/c1-2-28-19-6-4-3-5-18(19)26-21(28)15-25-22(29)17-9-11-27(12-10-17)20-8-7-16(13-23)14-24-20/h3-8,14,17H,2,9-12,15H2,1H3,(H,25,29). The molecule has 148 valence electrons. The van der Waals surface area contributed by atoms with Crippen LogP contribution in [-0.4, -0.2) is 33.5 Å². The summed E-state index contributed by atoms with van der Waals surface area (Å²) in [7, 11) is 0. The Morgan fingerprint density at radius 3 is 2.72 bits per heavy atom. The van der Waals surface area contributed by atoms with Crippen LogP contribution in [0.25, 0.3) is 11.0 Å². The van der Waals surface area contributed by atoms with Gasteiger partial charge < -0.3 is 14.8 Å². The Balaban J connectivity index is 1.34. The Morgan fingerprint density at radius 2 is 2.03 bits per heavy atom. The summed E-state index contributed by atoms with van der Waals surface area (Å²) in [4.78, 5) is 23.9. The van der Waals surface area contributed by atoms with E-state index in [4.69, 9.17) is 5.26 Å². The summed E-state index contributed by atoms with van der Waals surface area (Å²) in [5.41, 5.74) is 2.62. The summed E-state index contributed by atoms with van der Waals surface area (Å²) < 4.78 is 2.15. The van der Waals surface area contributed by atoms with E-state index in [1.54, 1.807) is 12.3 Å². The minimum absolute atomic E-state index is 0.00378. The minimum Gasteiger partial charge on any atom is -0.357 e. The second-order valence-electron chi connectivity index (χ2n) is 7.26. The quantitative estimate of drug-likeness (QED) is 0.726. The van der Waals surface area contributed by atoms with Crippen LogP contribution in [0.5, 0.6) is 0 Å². The maximum atomic E-state index is 12.7. The van der Waals surface area contributed by atoms with E-state index >= 15 is 0 Å². The van der Waals surface area contributed by atoms with Crippen LogP contribution in [0, 0.1) is 17.2 Å². The van der Waals surface area contributed by atoms with Gasteiger partial charge in [0.2, 0.25) is 5.91 Å². The number of aromatic nitrogens is 3. The van der Waals surface area contributed by atoms with Crippen LogP contribution < -0.4 is 10.2 Å². The Labute approximate surface area is 170 Å². The number of nitrogens with zero attached hydrogens (tertiary/aromatic N) is 5. The van der Waals surface area contributed by atoms with E-state index in [-0.39, 0.29) is 11.8 Å². The number of hydrogen-bond donors (Lipinski definition) is 1. The molecule has 7 nitrogen and oxygen atoms in total. The topological polar surface area (TPSA) is 86.8 Å². The highest BCUT2D eigenvalue weighted by atomic mass is 16.1. The summed E-state index contributed by atoms with van der Waals surface area (Å²) >= 11 is 0. The molecular formula is C22H24N6O. The molecule has 2 aromatic heterocycles. The molecule has 29 heavy (non-hydrogen) atoms. The van der Waals surface area contributed by atoms with Crippen LogP contribution in [0.3, 0.4) is 0 Å². The van der Waals surface area contributed by atoms with Gasteiger partial charge in [-0.15, -0.1) is 0 Å². The third kappa shape index (κ3) is 3.92. The van der Waals surface area contributed by atoms with E-state index in [0.29, 0.717) is 12.1 Å². The molecule has 1 amide bonds. The number of nitrogens with one attached hydrogen (secondary N) is 1. The highest BCUT2D eigenvalue weighted by Crippen LogP contribution is 2.22. The van der Waals surface area contributed by atoms with Crippen molar-refractivity contribution in [3.8, 4) is 6.07 Å². The van der Waals surface area contributed by atoms with Gasteiger partial charge in [-0.3, -0.25) is 4.79 Å². The number of fused-ring (bicyclic) bond motifs is 1. The molecule has 7 heteroatoms. The number of rotatable bonds is 5. The van der Waals surface area contributed by atoms with Crippen molar-refractivity contribution in [1.82, 2.24) is 19.9 Å². The van der Waals surface area contributed by atoms with Gasteiger partial charge in [-0.1, -0.05) is 12.1 Å². The maximum Gasteiger partial charge on any atom is 0.223 e. The smallest absolute Gasteiger partial charge is 0.223 e. The first-order chi connectivity index (χ1) is 14.2. The zero-order valence-electron chi connectivity index (χ0n) is 16.5. The summed E-state index contributed by atoms with van der Waals surface area (Å²) in [6.07, 6.45) is 3.17. The van der Waals surface area contributed by atoms with Gasteiger partial charge in [-0.2, -0.15) is 5.26 Å². The molecule has 0 bridgehead atoms. The molecule has 0 radical (unpaired) electrons. The van der Waals surface area contributed by atoms with Gasteiger partial charge >= 0.3 is 0 Å². The average molecular weight is 388 g/mol. The van der Waals surface area contributed by atoms with Crippen LogP contribution in [0.4, 0.5) is 5.82 Å². The van der Waals surface area contributed by atoms with E-state index < -0.39 is 0 Å². The second kappa shape index (κ2) is 8.31. The fraction of sp³-hybridized carbons (Fsp3) is 0.364. The normalized spacial score (nSPS) is 14.7. The van der Waals surface area contributed by atoms with E-state index in [1.165, 1.54) is 0 Å². The van der Waals surface area contributed by atoms with Gasteiger partial charge in [-0.05, 0) is 44.0 Å². The number of para-hydroxylation sites is 2. The number of amides is 1. The molecule has 0 aliphatic carbocycles. The summed E-state index contributed by atoms with van der Waals surface area (Å²) in [6.45, 7) is 4.92. The van der Waals surface area contributed by atoms with Crippen LogP contribution in [0.1, 0.15) is 31.2 Å². The molecule has 0 spiro atoms. The Hall–Kier alpha value is -3.40. The molecular weight excluding hydrogens is 364 g/mol. The predicted molar refractivity (Wildman–Crippen MR) is 111 cm³/mol. The first-order valence-electron chi connectivity index (χ1n) is 10.0. The summed E-state index contributed by atoms with van der Waals surface area (Å²) in [5.74, 6) is 1.84. The number of piperidine rings is 1. The Kier molecular flexibility index (Phi) is 5.43. The number of aryl methyl sites for hydroxylation is 1. The van der Waals surface area contributed by atoms with Gasteiger partial charge in [0.1, 0.15) is 17.7 Å². The van der Waals surface area contributed by atoms with Crippen molar-refractivity contribution in [3.63, 3.8) is 0 Å². The summed E-state index contributed by atoms with van der Waals surface area (Å²) in [5, 5.41) is 12.0. The van der Waals surface area contributed by atoms with Crippen LogP contribution in [0.2, 0.25) is 0 Å². The highest BCUT2D eigenvalue weighted by Gasteiger charge is 2.25. The molecule has 3 heterocycles. The first kappa shape index (κ1) is 18.9. The van der Waals surface area contributed by atoms with Crippen molar-refractivity contribution in [2.75, 3.05) is 18.0 Å². The zero-order chi connectivity index (χ0) is 20.2. The largest absolute Gasteiger partial charge is 0.357 e. The molecule has 3 aromatic rings. The average Bonchev–Trinajstić information content (AvgIpc) is 3.15. The molecule has 1 aliphatic rings. The third-order valence-corrected chi connectivity index (χ3v) is 5.54. The van der Waals surface area contributed by atoms with Crippen molar-refractivity contribution in [1.29, 1.82) is 5.26 Å². The first-order valence-corrected chi connectivity index (χ1v) is 10.0. The maximum absolute atomic E-state index is 12.7. The molecule has 1 aromatic carbocycles. The van der Waals surface area contributed by atoms with Gasteiger partial charge in [0.15, 0.2) is 0 Å². The number of pyridine rings is 1. The van der Waals surface area contributed by atoms with Crippen LogP contribution in [-0.2, 0) is 17.9 Å².